The lowest BCUT2D eigenvalue weighted by Crippen LogP contribution is -2.30. The van der Waals surface area contributed by atoms with Crippen molar-refractivity contribution in [1.29, 1.82) is 0 Å². The van der Waals surface area contributed by atoms with Gasteiger partial charge in [0, 0.05) is 44.9 Å². The van der Waals surface area contributed by atoms with E-state index in [1.54, 1.807) is 10.6 Å². The van der Waals surface area contributed by atoms with E-state index in [0.717, 1.165) is 26.1 Å². The van der Waals surface area contributed by atoms with Crippen LogP contribution in [0.3, 0.4) is 0 Å². The van der Waals surface area contributed by atoms with Crippen LogP contribution in [0.25, 0.3) is 10.9 Å². The lowest BCUT2D eigenvalue weighted by atomic mass is 9.99. The van der Waals surface area contributed by atoms with E-state index in [1.807, 2.05) is 25.8 Å². The molecule has 0 spiro atoms. The van der Waals surface area contributed by atoms with Gasteiger partial charge in [-0.1, -0.05) is 13.8 Å². The van der Waals surface area contributed by atoms with Crippen LogP contribution in [-0.4, -0.2) is 42.4 Å². The minimum Gasteiger partial charge on any atom is -0.477 e. The molecule has 3 rings (SSSR count). The van der Waals surface area contributed by atoms with Gasteiger partial charge in [0.25, 0.3) is 0 Å². The van der Waals surface area contributed by atoms with Gasteiger partial charge in [-0.3, -0.25) is 4.79 Å². The number of carboxylic acids is 1. The van der Waals surface area contributed by atoms with E-state index in [1.165, 1.54) is 12.3 Å². The molecule has 2 heterocycles. The molecule has 1 aliphatic rings. The third-order valence-electron chi connectivity index (χ3n) is 5.23. The number of benzene rings is 1. The number of hydrogen-bond donors (Lipinski definition) is 1. The number of aromatic nitrogens is 1. The van der Waals surface area contributed by atoms with Gasteiger partial charge in [0.1, 0.15) is 11.4 Å². The van der Waals surface area contributed by atoms with Crippen LogP contribution in [0, 0.1) is 17.7 Å². The first-order valence-electron chi connectivity index (χ1n) is 9.66. The van der Waals surface area contributed by atoms with E-state index in [0.29, 0.717) is 30.2 Å². The Balaban J connectivity index is 2.07. The van der Waals surface area contributed by atoms with Gasteiger partial charge in [0.15, 0.2) is 0 Å². The molecule has 2 aromatic rings. The number of anilines is 1. The van der Waals surface area contributed by atoms with Crippen molar-refractivity contribution in [2.24, 2.45) is 11.8 Å². The largest absolute Gasteiger partial charge is 0.477 e. The molecule has 0 atom stereocenters. The summed E-state index contributed by atoms with van der Waals surface area (Å²) in [6.07, 6.45) is 3.26. The highest BCUT2D eigenvalue weighted by Crippen LogP contribution is 2.27. The molecule has 1 aromatic heterocycles. The summed E-state index contributed by atoms with van der Waals surface area (Å²) in [6.45, 7) is 6.70. The summed E-state index contributed by atoms with van der Waals surface area (Å²) >= 11 is 0. The van der Waals surface area contributed by atoms with Crippen LogP contribution in [0.15, 0.2) is 23.1 Å². The molecular formula is C21H27FN2O4. The Bertz CT molecular complexity index is 932. The van der Waals surface area contributed by atoms with Gasteiger partial charge in [0.2, 0.25) is 5.43 Å². The molecule has 0 amide bonds. The average Bonchev–Trinajstić information content (AvgIpc) is 2.64. The van der Waals surface area contributed by atoms with Crippen molar-refractivity contribution in [3.8, 4) is 0 Å². The van der Waals surface area contributed by atoms with Crippen LogP contribution in [0.2, 0.25) is 0 Å². The minimum atomic E-state index is -1.30. The summed E-state index contributed by atoms with van der Waals surface area (Å²) in [5.41, 5.74) is -0.0196. The highest BCUT2D eigenvalue weighted by molar-refractivity contribution is 5.93. The molecule has 1 aliphatic heterocycles. The maximum absolute atomic E-state index is 14.9. The second-order valence-electron chi connectivity index (χ2n) is 7.98. The molecule has 1 aromatic carbocycles. The Labute approximate surface area is 163 Å². The summed E-state index contributed by atoms with van der Waals surface area (Å²) in [5.74, 6) is -1.15. The monoisotopic (exact) mass is 390 g/mol. The van der Waals surface area contributed by atoms with Gasteiger partial charge in [0.05, 0.1) is 11.2 Å². The summed E-state index contributed by atoms with van der Waals surface area (Å²) in [4.78, 5) is 25.9. The van der Waals surface area contributed by atoms with Crippen molar-refractivity contribution < 1.29 is 19.0 Å². The van der Waals surface area contributed by atoms with Crippen LogP contribution in [0.4, 0.5) is 10.1 Å². The number of rotatable bonds is 6. The smallest absolute Gasteiger partial charge is 0.341 e. The van der Waals surface area contributed by atoms with Gasteiger partial charge >= 0.3 is 5.97 Å². The van der Waals surface area contributed by atoms with Crippen molar-refractivity contribution in [3.63, 3.8) is 0 Å². The number of fused-ring (bicyclic) bond motifs is 1. The summed E-state index contributed by atoms with van der Waals surface area (Å²) in [5, 5.41) is 9.45. The lowest BCUT2D eigenvalue weighted by molar-refractivity contribution is 0.0684. The van der Waals surface area contributed by atoms with E-state index >= 15 is 0 Å². The minimum absolute atomic E-state index is 0.0984. The topological polar surface area (TPSA) is 71.8 Å². The second-order valence-corrected chi connectivity index (χ2v) is 7.98. The van der Waals surface area contributed by atoms with E-state index in [4.69, 9.17) is 4.74 Å². The molecule has 0 bridgehead atoms. The fraction of sp³-hybridized carbons (Fsp3) is 0.524. The van der Waals surface area contributed by atoms with Gasteiger partial charge in [-0.25, -0.2) is 9.18 Å². The number of nitrogens with zero attached hydrogens (tertiary/aromatic N) is 2. The van der Waals surface area contributed by atoms with Gasteiger partial charge < -0.3 is 19.3 Å². The number of halogens is 1. The van der Waals surface area contributed by atoms with E-state index in [-0.39, 0.29) is 16.9 Å². The fourth-order valence-corrected chi connectivity index (χ4v) is 3.80. The lowest BCUT2D eigenvalue weighted by Gasteiger charge is -2.29. The number of carbonyl (C=O) groups is 1. The van der Waals surface area contributed by atoms with Gasteiger partial charge in [-0.05, 0) is 36.8 Å². The Morgan fingerprint density at radius 1 is 1.36 bits per heavy atom. The first-order valence-corrected chi connectivity index (χ1v) is 9.66. The molecule has 1 fully saturated rings. The highest BCUT2D eigenvalue weighted by Gasteiger charge is 2.21. The molecule has 152 valence electrons. The molecule has 28 heavy (non-hydrogen) atoms. The van der Waals surface area contributed by atoms with E-state index in [9.17, 15) is 19.1 Å². The van der Waals surface area contributed by atoms with E-state index < -0.39 is 17.2 Å². The third kappa shape index (κ3) is 4.19. The number of hydrogen-bond acceptors (Lipinski definition) is 4. The zero-order valence-corrected chi connectivity index (χ0v) is 16.6. The molecule has 1 saturated heterocycles. The van der Waals surface area contributed by atoms with Crippen LogP contribution in [0.5, 0.6) is 0 Å². The zero-order chi connectivity index (χ0) is 20.4. The molecule has 0 saturated carbocycles. The predicted molar refractivity (Wildman–Crippen MR) is 107 cm³/mol. The Kier molecular flexibility index (Phi) is 6.03. The number of carboxylic acid groups (broad SMARTS) is 1. The Morgan fingerprint density at radius 3 is 2.64 bits per heavy atom. The molecule has 0 aliphatic carbocycles. The van der Waals surface area contributed by atoms with Crippen LogP contribution >= 0.6 is 0 Å². The van der Waals surface area contributed by atoms with Crippen molar-refractivity contribution >= 4 is 22.6 Å². The SMILES string of the molecule is CC(C)Cn1cc(C(=O)O)c(=O)c2cc(F)c(N(C)CC3CCOCC3)cc21. The molecular weight excluding hydrogens is 363 g/mol. The molecule has 6 nitrogen and oxygen atoms in total. The summed E-state index contributed by atoms with van der Waals surface area (Å²) in [7, 11) is 1.84. The number of pyridine rings is 1. The quantitative estimate of drug-likeness (QED) is 0.819. The maximum Gasteiger partial charge on any atom is 0.341 e. The fourth-order valence-electron chi connectivity index (χ4n) is 3.80. The Morgan fingerprint density at radius 2 is 2.04 bits per heavy atom. The third-order valence-corrected chi connectivity index (χ3v) is 5.23. The zero-order valence-electron chi connectivity index (χ0n) is 16.6. The summed E-state index contributed by atoms with van der Waals surface area (Å²) < 4.78 is 22.0. The summed E-state index contributed by atoms with van der Waals surface area (Å²) in [6, 6.07) is 2.84. The first-order chi connectivity index (χ1) is 13.3. The van der Waals surface area contributed by atoms with Gasteiger partial charge in [-0.15, -0.1) is 0 Å². The van der Waals surface area contributed by atoms with Crippen LogP contribution in [-0.2, 0) is 11.3 Å². The number of aromatic carboxylic acids is 1. The Hall–Kier alpha value is -2.41. The normalized spacial score (nSPS) is 15.3. The van der Waals surface area contributed by atoms with Crippen molar-refractivity contribution in [3.05, 3.63) is 39.9 Å². The molecule has 7 heteroatoms. The predicted octanol–water partition coefficient (Wildman–Crippen LogP) is 3.36. The molecule has 0 unspecified atom stereocenters. The molecule has 0 radical (unpaired) electrons. The van der Waals surface area contributed by atoms with Crippen molar-refractivity contribution in [2.45, 2.75) is 33.2 Å². The average molecular weight is 390 g/mol. The van der Waals surface area contributed by atoms with Crippen LogP contribution in [0.1, 0.15) is 37.0 Å². The highest BCUT2D eigenvalue weighted by atomic mass is 19.1. The first kappa shape index (κ1) is 20.3. The van der Waals surface area contributed by atoms with Crippen molar-refractivity contribution in [2.75, 3.05) is 31.7 Å². The van der Waals surface area contributed by atoms with Crippen molar-refractivity contribution in [1.82, 2.24) is 4.57 Å². The van der Waals surface area contributed by atoms with Crippen LogP contribution < -0.4 is 10.3 Å². The van der Waals surface area contributed by atoms with Gasteiger partial charge in [-0.2, -0.15) is 0 Å². The second kappa shape index (κ2) is 8.31. The van der Waals surface area contributed by atoms with E-state index in [2.05, 4.69) is 0 Å². The molecule has 1 N–H and O–H groups in total. The maximum atomic E-state index is 14.9. The number of ether oxygens (including phenoxy) is 1. The standard InChI is InChI=1S/C21H27FN2O4/c1-13(2)10-24-12-16(21(26)27)20(25)15-8-17(22)19(9-18(15)24)23(3)11-14-4-6-28-7-5-14/h8-9,12-14H,4-7,10-11H2,1-3H3,(H,26,27).